The van der Waals surface area contributed by atoms with Crippen molar-refractivity contribution in [1.29, 1.82) is 0 Å². The summed E-state index contributed by atoms with van der Waals surface area (Å²) in [6.45, 7) is 4.51. The molecule has 3 rings (SSSR count). The largest absolute Gasteiger partial charge is 0.472 e. The Morgan fingerprint density at radius 1 is 1.20 bits per heavy atom. The molecule has 1 aliphatic rings. The molecular weight excluding hydrogens is 316 g/mol. The molecule has 1 aromatic heterocycles. The minimum atomic E-state index is -0.590. The molecule has 1 aromatic carbocycles. The van der Waals surface area contributed by atoms with Crippen molar-refractivity contribution in [3.8, 4) is 0 Å². The molecule has 2 amide bonds. The van der Waals surface area contributed by atoms with Gasteiger partial charge in [-0.15, -0.1) is 0 Å². The van der Waals surface area contributed by atoms with Crippen molar-refractivity contribution in [3.05, 3.63) is 60.1 Å². The number of hydrogen-bond acceptors (Lipinski definition) is 3. The third kappa shape index (κ3) is 4.29. The van der Waals surface area contributed by atoms with Crippen LogP contribution in [0.4, 0.5) is 0 Å². The number of carbonyl (C=O) groups excluding carboxylic acids is 2. The molecule has 2 aromatic rings. The highest BCUT2D eigenvalue weighted by molar-refractivity contribution is 5.97. The van der Waals surface area contributed by atoms with Gasteiger partial charge in [-0.3, -0.25) is 9.59 Å². The Balaban J connectivity index is 1.71. The van der Waals surface area contributed by atoms with Crippen LogP contribution in [0.15, 0.2) is 53.3 Å². The monoisotopic (exact) mass is 340 g/mol. The van der Waals surface area contributed by atoms with E-state index in [4.69, 9.17) is 4.42 Å². The maximum Gasteiger partial charge on any atom is 0.255 e. The Bertz CT molecular complexity index is 708. The van der Waals surface area contributed by atoms with Crippen LogP contribution in [0.25, 0.3) is 0 Å². The van der Waals surface area contributed by atoms with Crippen LogP contribution in [0.2, 0.25) is 0 Å². The molecule has 0 radical (unpaired) electrons. The first-order valence-corrected chi connectivity index (χ1v) is 8.74. The van der Waals surface area contributed by atoms with Gasteiger partial charge in [0.15, 0.2) is 0 Å². The summed E-state index contributed by atoms with van der Waals surface area (Å²) < 4.78 is 4.93. The lowest BCUT2D eigenvalue weighted by atomic mass is 10.1. The third-order valence-electron chi connectivity index (χ3n) is 4.69. The lowest BCUT2D eigenvalue weighted by molar-refractivity contribution is -0.135. The van der Waals surface area contributed by atoms with Crippen molar-refractivity contribution in [2.24, 2.45) is 5.92 Å². The van der Waals surface area contributed by atoms with Crippen molar-refractivity contribution in [2.45, 2.75) is 38.8 Å². The lowest BCUT2D eigenvalue weighted by Crippen LogP contribution is -2.48. The van der Waals surface area contributed by atoms with Crippen LogP contribution < -0.4 is 5.32 Å². The van der Waals surface area contributed by atoms with Crippen LogP contribution >= 0.6 is 0 Å². The van der Waals surface area contributed by atoms with Crippen LogP contribution in [0.1, 0.15) is 48.7 Å². The number of benzene rings is 1. The predicted molar refractivity (Wildman–Crippen MR) is 94.9 cm³/mol. The second kappa shape index (κ2) is 7.55. The predicted octanol–water partition coefficient (Wildman–Crippen LogP) is 3.40. The van der Waals surface area contributed by atoms with E-state index in [1.807, 2.05) is 42.2 Å². The Morgan fingerprint density at radius 2 is 1.92 bits per heavy atom. The van der Waals surface area contributed by atoms with E-state index in [0.29, 0.717) is 11.5 Å². The van der Waals surface area contributed by atoms with Gasteiger partial charge in [-0.1, -0.05) is 30.3 Å². The fourth-order valence-corrected chi connectivity index (χ4v) is 2.91. The zero-order chi connectivity index (χ0) is 17.8. The highest BCUT2D eigenvalue weighted by Gasteiger charge is 2.32. The minimum absolute atomic E-state index is 0.0254. The van der Waals surface area contributed by atoms with E-state index in [0.717, 1.165) is 12.1 Å². The fraction of sp³-hybridized carbons (Fsp3) is 0.400. The molecule has 0 spiro atoms. The molecule has 1 fully saturated rings. The standard InChI is InChI=1S/C20H24N2O3/c1-14(21-19(23)18-10-11-25-13-18)20(24)22(12-16-8-9-16)15(2)17-6-4-3-5-7-17/h3-7,10-11,13-16H,8-9,12H2,1-2H3,(H,21,23)/t14-,15+/m0/s1. The Morgan fingerprint density at radius 3 is 2.52 bits per heavy atom. The first-order chi connectivity index (χ1) is 12.1. The lowest BCUT2D eigenvalue weighted by Gasteiger charge is -2.32. The summed E-state index contributed by atoms with van der Waals surface area (Å²) in [5.74, 6) is 0.223. The summed E-state index contributed by atoms with van der Waals surface area (Å²) in [5.41, 5.74) is 1.52. The van der Waals surface area contributed by atoms with Crippen LogP contribution in [-0.2, 0) is 4.79 Å². The number of furan rings is 1. The van der Waals surface area contributed by atoms with E-state index in [1.165, 1.54) is 25.4 Å². The van der Waals surface area contributed by atoms with E-state index in [1.54, 1.807) is 13.0 Å². The van der Waals surface area contributed by atoms with Crippen molar-refractivity contribution in [1.82, 2.24) is 10.2 Å². The molecule has 132 valence electrons. The second-order valence-electron chi connectivity index (χ2n) is 6.73. The van der Waals surface area contributed by atoms with Gasteiger partial charge in [-0.2, -0.15) is 0 Å². The number of rotatable bonds is 7. The summed E-state index contributed by atoms with van der Waals surface area (Å²) in [4.78, 5) is 27.1. The van der Waals surface area contributed by atoms with Crippen LogP contribution in [0, 0.1) is 5.92 Å². The van der Waals surface area contributed by atoms with Gasteiger partial charge in [0.2, 0.25) is 5.91 Å². The summed E-state index contributed by atoms with van der Waals surface area (Å²) in [7, 11) is 0. The Kier molecular flexibility index (Phi) is 5.22. The zero-order valence-electron chi connectivity index (χ0n) is 14.6. The Hall–Kier alpha value is -2.56. The normalized spacial score (nSPS) is 16.1. The molecule has 1 heterocycles. The van der Waals surface area contributed by atoms with Crippen LogP contribution in [0.3, 0.4) is 0 Å². The van der Waals surface area contributed by atoms with Gasteiger partial charge in [0.05, 0.1) is 17.9 Å². The Labute approximate surface area is 148 Å². The number of hydrogen-bond donors (Lipinski definition) is 1. The second-order valence-corrected chi connectivity index (χ2v) is 6.73. The number of nitrogens with zero attached hydrogens (tertiary/aromatic N) is 1. The van der Waals surface area contributed by atoms with Crippen LogP contribution in [-0.4, -0.2) is 29.3 Å². The van der Waals surface area contributed by atoms with E-state index >= 15 is 0 Å². The van der Waals surface area contributed by atoms with Crippen LogP contribution in [0.5, 0.6) is 0 Å². The molecular formula is C20H24N2O3. The summed E-state index contributed by atoms with van der Waals surface area (Å²) in [6, 6.07) is 11.0. The maximum atomic E-state index is 13.0. The molecule has 1 N–H and O–H groups in total. The van der Waals surface area contributed by atoms with Crippen molar-refractivity contribution in [2.75, 3.05) is 6.54 Å². The highest BCUT2D eigenvalue weighted by Crippen LogP contribution is 2.33. The van der Waals surface area contributed by atoms with Gasteiger partial charge in [-0.05, 0) is 44.2 Å². The number of carbonyl (C=O) groups is 2. The van der Waals surface area contributed by atoms with Gasteiger partial charge in [-0.25, -0.2) is 0 Å². The fourth-order valence-electron chi connectivity index (χ4n) is 2.91. The van der Waals surface area contributed by atoms with E-state index in [9.17, 15) is 9.59 Å². The van der Waals surface area contributed by atoms with Gasteiger partial charge in [0.1, 0.15) is 12.3 Å². The minimum Gasteiger partial charge on any atom is -0.472 e. The average molecular weight is 340 g/mol. The van der Waals surface area contributed by atoms with Crippen molar-refractivity contribution < 1.29 is 14.0 Å². The zero-order valence-corrected chi connectivity index (χ0v) is 14.6. The van der Waals surface area contributed by atoms with Crippen molar-refractivity contribution in [3.63, 3.8) is 0 Å². The first-order valence-electron chi connectivity index (χ1n) is 8.74. The van der Waals surface area contributed by atoms with Gasteiger partial charge in [0, 0.05) is 6.54 Å². The smallest absolute Gasteiger partial charge is 0.255 e. The van der Waals surface area contributed by atoms with Gasteiger partial charge >= 0.3 is 0 Å². The molecule has 0 aliphatic heterocycles. The first kappa shape index (κ1) is 17.3. The van der Waals surface area contributed by atoms with Crippen molar-refractivity contribution >= 4 is 11.8 Å². The summed E-state index contributed by atoms with van der Waals surface area (Å²) in [5, 5.41) is 2.77. The molecule has 5 nitrogen and oxygen atoms in total. The summed E-state index contributed by atoms with van der Waals surface area (Å²) >= 11 is 0. The highest BCUT2D eigenvalue weighted by atomic mass is 16.3. The quantitative estimate of drug-likeness (QED) is 0.840. The molecule has 0 bridgehead atoms. The molecule has 0 saturated heterocycles. The van der Waals surface area contributed by atoms with Gasteiger partial charge < -0.3 is 14.6 Å². The molecule has 25 heavy (non-hydrogen) atoms. The van der Waals surface area contributed by atoms with E-state index in [-0.39, 0.29) is 17.9 Å². The van der Waals surface area contributed by atoms with E-state index < -0.39 is 6.04 Å². The SMILES string of the molecule is C[C@H](NC(=O)c1ccoc1)C(=O)N(CC1CC1)[C@H](C)c1ccccc1. The topological polar surface area (TPSA) is 62.6 Å². The molecule has 1 saturated carbocycles. The van der Waals surface area contributed by atoms with E-state index in [2.05, 4.69) is 5.32 Å². The molecule has 0 unspecified atom stereocenters. The maximum absolute atomic E-state index is 13.0. The summed E-state index contributed by atoms with van der Waals surface area (Å²) in [6.07, 6.45) is 5.15. The number of nitrogens with one attached hydrogen (secondary N) is 1. The molecule has 1 aliphatic carbocycles. The van der Waals surface area contributed by atoms with Gasteiger partial charge in [0.25, 0.3) is 5.91 Å². The average Bonchev–Trinajstić information content (AvgIpc) is 3.28. The third-order valence-corrected chi connectivity index (χ3v) is 4.69. The molecule has 5 heteroatoms. The molecule has 2 atom stereocenters. The number of amides is 2.